The average molecular weight is 421 g/mol. The van der Waals surface area contributed by atoms with Crippen molar-refractivity contribution in [1.29, 1.82) is 5.26 Å². The number of carbonyl (C=O) groups excluding carboxylic acids is 1. The van der Waals surface area contributed by atoms with E-state index in [1.165, 1.54) is 0 Å². The third-order valence-electron chi connectivity index (χ3n) is 5.00. The lowest BCUT2D eigenvalue weighted by Gasteiger charge is -2.17. The molecule has 1 fully saturated rings. The number of hydroxylamine groups is 1. The van der Waals surface area contributed by atoms with Crippen molar-refractivity contribution >= 4 is 5.97 Å². The number of nitrogens with one attached hydrogen (secondary N) is 1. The van der Waals surface area contributed by atoms with Crippen LogP contribution in [0.2, 0.25) is 0 Å². The van der Waals surface area contributed by atoms with Gasteiger partial charge in [-0.05, 0) is 50.6 Å². The summed E-state index contributed by atoms with van der Waals surface area (Å²) in [4.78, 5) is 18.3. The van der Waals surface area contributed by atoms with Gasteiger partial charge in [0.2, 0.25) is 6.10 Å². The average Bonchev–Trinajstić information content (AvgIpc) is 3.26. The van der Waals surface area contributed by atoms with Gasteiger partial charge in [-0.3, -0.25) is 15.1 Å². The van der Waals surface area contributed by atoms with E-state index in [4.69, 9.17) is 14.3 Å². The summed E-state index contributed by atoms with van der Waals surface area (Å²) in [5, 5.41) is 9.62. The molecule has 3 rings (SSSR count). The van der Waals surface area contributed by atoms with E-state index in [9.17, 15) is 10.1 Å². The molecule has 0 saturated heterocycles. The van der Waals surface area contributed by atoms with Gasteiger partial charge in [0.15, 0.2) is 0 Å². The van der Waals surface area contributed by atoms with Crippen LogP contribution < -0.4 is 10.2 Å². The fourth-order valence-electron chi connectivity index (χ4n) is 3.26. The molecule has 0 aromatic heterocycles. The molecule has 1 saturated carbocycles. The smallest absolute Gasteiger partial charge is 0.315 e. The lowest BCUT2D eigenvalue weighted by molar-refractivity contribution is -0.149. The maximum absolute atomic E-state index is 12.8. The Labute approximate surface area is 183 Å². The van der Waals surface area contributed by atoms with Crippen LogP contribution in [0.1, 0.15) is 46.3 Å². The highest BCUT2D eigenvalue weighted by molar-refractivity contribution is 5.84. The van der Waals surface area contributed by atoms with Crippen LogP contribution in [0.25, 0.3) is 0 Å². The van der Waals surface area contributed by atoms with Crippen LogP contribution in [0.4, 0.5) is 0 Å². The predicted octanol–water partition coefficient (Wildman–Crippen LogP) is 5.45. The minimum atomic E-state index is -1.02. The topological polar surface area (TPSA) is 80.6 Å². The second-order valence-electron chi connectivity index (χ2n) is 9.02. The summed E-state index contributed by atoms with van der Waals surface area (Å²) >= 11 is 0. The largest absolute Gasteiger partial charge is 0.457 e. The molecule has 0 aliphatic heterocycles. The van der Waals surface area contributed by atoms with Gasteiger partial charge in [0.05, 0.1) is 11.5 Å². The number of hydrogen-bond donors (Lipinski definition) is 1. The number of carbonyl (C=O) groups is 1. The van der Waals surface area contributed by atoms with E-state index >= 15 is 0 Å². The van der Waals surface area contributed by atoms with Crippen LogP contribution >= 0.6 is 0 Å². The summed E-state index contributed by atoms with van der Waals surface area (Å²) < 4.78 is 11.4. The van der Waals surface area contributed by atoms with E-state index in [1.54, 1.807) is 30.5 Å². The highest BCUT2D eigenvalue weighted by Crippen LogP contribution is 2.58. The number of para-hydroxylation sites is 1. The zero-order chi connectivity index (χ0) is 22.6. The lowest BCUT2D eigenvalue weighted by Crippen LogP contribution is -2.25. The zero-order valence-electron chi connectivity index (χ0n) is 18.5. The van der Waals surface area contributed by atoms with Crippen LogP contribution in [0.5, 0.6) is 11.5 Å². The Morgan fingerprint density at radius 1 is 1.13 bits per heavy atom. The van der Waals surface area contributed by atoms with E-state index in [1.807, 2.05) is 65.0 Å². The molecule has 1 N–H and O–H groups in total. The van der Waals surface area contributed by atoms with Crippen molar-refractivity contribution in [2.45, 2.75) is 46.3 Å². The second kappa shape index (κ2) is 8.83. The highest BCUT2D eigenvalue weighted by Gasteiger charge is 2.58. The standard InChI is InChI=1S/C25H28N2O4/c1-24(2,3)31-27-16-20-22(25(20,4)5)23(28)30-21(15-26)17-10-9-13-19(14-17)29-18-11-7-6-8-12-18/h6-14,16,21-22,27H,1-5H3/t21?,22-/m0/s1. The first-order valence-corrected chi connectivity index (χ1v) is 10.2. The molecule has 2 atom stereocenters. The van der Waals surface area contributed by atoms with Crippen molar-refractivity contribution in [3.8, 4) is 17.6 Å². The minimum absolute atomic E-state index is 0.356. The number of nitriles is 1. The molecule has 2 aromatic rings. The van der Waals surface area contributed by atoms with Crippen LogP contribution in [-0.2, 0) is 14.4 Å². The van der Waals surface area contributed by atoms with Crippen molar-refractivity contribution in [2.24, 2.45) is 11.3 Å². The van der Waals surface area contributed by atoms with E-state index < -0.39 is 18.0 Å². The highest BCUT2D eigenvalue weighted by atomic mass is 16.7. The molecular formula is C25H28N2O4. The molecule has 1 aliphatic rings. The molecule has 0 spiro atoms. The predicted molar refractivity (Wildman–Crippen MR) is 117 cm³/mol. The van der Waals surface area contributed by atoms with Crippen molar-refractivity contribution in [1.82, 2.24) is 5.48 Å². The van der Waals surface area contributed by atoms with E-state index in [0.29, 0.717) is 17.1 Å². The fourth-order valence-corrected chi connectivity index (χ4v) is 3.26. The first-order valence-electron chi connectivity index (χ1n) is 10.2. The van der Waals surface area contributed by atoms with Crippen LogP contribution in [0.15, 0.2) is 66.4 Å². The van der Waals surface area contributed by atoms with Gasteiger partial charge >= 0.3 is 5.97 Å². The molecule has 0 radical (unpaired) electrons. The minimum Gasteiger partial charge on any atom is -0.457 e. The second-order valence-corrected chi connectivity index (χ2v) is 9.02. The Hall–Kier alpha value is -3.30. The summed E-state index contributed by atoms with van der Waals surface area (Å²) in [6, 6.07) is 18.4. The molecule has 162 valence electrons. The molecule has 0 heterocycles. The van der Waals surface area contributed by atoms with E-state index in [2.05, 4.69) is 11.5 Å². The van der Waals surface area contributed by atoms with E-state index in [-0.39, 0.29) is 11.0 Å². The third-order valence-corrected chi connectivity index (χ3v) is 5.00. The van der Waals surface area contributed by atoms with Gasteiger partial charge in [-0.1, -0.05) is 44.2 Å². The number of hydrogen-bond acceptors (Lipinski definition) is 6. The molecule has 0 amide bonds. The summed E-state index contributed by atoms with van der Waals surface area (Å²) in [6.07, 6.45) is 0.677. The van der Waals surface area contributed by atoms with Crippen molar-refractivity contribution in [3.63, 3.8) is 0 Å². The van der Waals surface area contributed by atoms with Crippen LogP contribution in [0.3, 0.4) is 0 Å². The zero-order valence-corrected chi connectivity index (χ0v) is 18.5. The lowest BCUT2D eigenvalue weighted by atomic mass is 10.1. The first kappa shape index (κ1) is 22.4. The fraction of sp³-hybridized carbons (Fsp3) is 0.360. The summed E-state index contributed by atoms with van der Waals surface area (Å²) in [5.74, 6) is 0.387. The van der Waals surface area contributed by atoms with E-state index in [0.717, 1.165) is 5.57 Å². The molecule has 0 bridgehead atoms. The first-order chi connectivity index (χ1) is 14.6. The molecule has 2 aromatic carbocycles. The Bertz CT molecular complexity index is 1000. The van der Waals surface area contributed by atoms with Crippen molar-refractivity contribution < 1.29 is 19.1 Å². The summed E-state index contributed by atoms with van der Waals surface area (Å²) in [5.41, 5.74) is 3.52. The normalized spacial score (nSPS) is 19.2. The number of esters is 1. The number of ether oxygens (including phenoxy) is 2. The quantitative estimate of drug-likeness (QED) is 0.474. The summed E-state index contributed by atoms with van der Waals surface area (Å²) in [7, 11) is 0. The Kier molecular flexibility index (Phi) is 6.37. The SMILES string of the molecule is CC(C)(C)ONC=C1[C@@H](C(=O)OC(C#N)c2cccc(Oc3ccccc3)c2)C1(C)C. The Morgan fingerprint density at radius 2 is 1.81 bits per heavy atom. The molecule has 6 nitrogen and oxygen atoms in total. The number of rotatable bonds is 7. The van der Waals surface area contributed by atoms with Crippen molar-refractivity contribution in [3.05, 3.63) is 71.9 Å². The van der Waals surface area contributed by atoms with Gasteiger partial charge in [-0.15, -0.1) is 0 Å². The molecule has 1 unspecified atom stereocenters. The maximum atomic E-state index is 12.8. The number of benzene rings is 2. The van der Waals surface area contributed by atoms with Gasteiger partial charge in [-0.25, -0.2) is 0 Å². The molecule has 6 heteroatoms. The van der Waals surface area contributed by atoms with Gasteiger partial charge in [-0.2, -0.15) is 5.26 Å². The summed E-state index contributed by atoms with van der Waals surface area (Å²) in [6.45, 7) is 9.69. The van der Waals surface area contributed by atoms with Crippen molar-refractivity contribution in [2.75, 3.05) is 0 Å². The maximum Gasteiger partial charge on any atom is 0.315 e. The Balaban J connectivity index is 1.67. The molecular weight excluding hydrogens is 392 g/mol. The van der Waals surface area contributed by atoms with Gasteiger partial charge in [0.25, 0.3) is 0 Å². The van der Waals surface area contributed by atoms with Crippen LogP contribution in [-0.4, -0.2) is 11.6 Å². The van der Waals surface area contributed by atoms with Gasteiger partial charge in [0, 0.05) is 17.2 Å². The van der Waals surface area contributed by atoms with Gasteiger partial charge < -0.3 is 9.47 Å². The molecule has 1 aliphatic carbocycles. The Morgan fingerprint density at radius 3 is 2.45 bits per heavy atom. The third kappa shape index (κ3) is 5.65. The van der Waals surface area contributed by atoms with Gasteiger partial charge in [0.1, 0.15) is 17.6 Å². The van der Waals surface area contributed by atoms with Crippen LogP contribution in [0, 0.1) is 22.7 Å². The molecule has 31 heavy (non-hydrogen) atoms. The number of nitrogens with zero attached hydrogens (tertiary/aromatic N) is 1. The monoisotopic (exact) mass is 420 g/mol.